The Labute approximate surface area is 120 Å². The van der Waals surface area contributed by atoms with Gasteiger partial charge in [0.25, 0.3) is 5.56 Å². The lowest BCUT2D eigenvalue weighted by Crippen LogP contribution is -2.29. The van der Waals surface area contributed by atoms with E-state index >= 15 is 0 Å². The van der Waals surface area contributed by atoms with Gasteiger partial charge in [-0.15, -0.1) is 5.10 Å². The van der Waals surface area contributed by atoms with Gasteiger partial charge in [-0.1, -0.05) is 6.07 Å². The Bertz CT molecular complexity index is 761. The number of hydrogen-bond acceptors (Lipinski definition) is 5. The Balaban J connectivity index is 2.11. The van der Waals surface area contributed by atoms with Crippen LogP contribution in [-0.2, 0) is 11.3 Å². The Morgan fingerprint density at radius 1 is 1.43 bits per heavy atom. The third-order valence-electron chi connectivity index (χ3n) is 2.62. The van der Waals surface area contributed by atoms with Crippen molar-refractivity contribution >= 4 is 11.6 Å². The van der Waals surface area contributed by atoms with E-state index in [0.29, 0.717) is 11.3 Å². The molecule has 0 aliphatic carbocycles. The summed E-state index contributed by atoms with van der Waals surface area (Å²) in [5.41, 5.74) is 0.510. The van der Waals surface area contributed by atoms with Crippen LogP contribution < -0.4 is 15.6 Å². The van der Waals surface area contributed by atoms with Crippen molar-refractivity contribution in [2.45, 2.75) is 6.54 Å². The van der Waals surface area contributed by atoms with Gasteiger partial charge in [0.2, 0.25) is 11.8 Å². The number of methoxy groups -OCH3 is 1. The smallest absolute Gasteiger partial charge is 0.267 e. The Morgan fingerprint density at radius 3 is 2.95 bits per heavy atom. The molecule has 2 rings (SSSR count). The van der Waals surface area contributed by atoms with Crippen molar-refractivity contribution in [1.29, 1.82) is 5.26 Å². The van der Waals surface area contributed by atoms with Crippen LogP contribution in [0.5, 0.6) is 5.88 Å². The van der Waals surface area contributed by atoms with Crippen LogP contribution in [0, 0.1) is 11.3 Å². The standard InChI is InChI=1S/C14H12N4O3/c1-21-13-5-6-14(20)18(17-13)9-12(19)16-11-4-2-3-10(7-11)8-15/h2-7H,9H2,1H3,(H,16,19). The second kappa shape index (κ2) is 6.34. The van der Waals surface area contributed by atoms with Gasteiger partial charge in [0.05, 0.1) is 18.7 Å². The number of benzene rings is 1. The molecule has 0 unspecified atom stereocenters. The molecule has 1 amide bonds. The number of rotatable bonds is 4. The minimum Gasteiger partial charge on any atom is -0.480 e. The minimum absolute atomic E-state index is 0.243. The van der Waals surface area contributed by atoms with Crippen molar-refractivity contribution in [3.63, 3.8) is 0 Å². The lowest BCUT2D eigenvalue weighted by atomic mass is 10.2. The minimum atomic E-state index is -0.423. The predicted octanol–water partition coefficient (Wildman–Crippen LogP) is 0.762. The summed E-state index contributed by atoms with van der Waals surface area (Å²) in [5, 5.41) is 15.3. The molecule has 0 spiro atoms. The first-order chi connectivity index (χ1) is 10.1. The van der Waals surface area contributed by atoms with Crippen molar-refractivity contribution in [2.75, 3.05) is 12.4 Å². The monoisotopic (exact) mass is 284 g/mol. The quantitative estimate of drug-likeness (QED) is 0.894. The van der Waals surface area contributed by atoms with Gasteiger partial charge >= 0.3 is 0 Å². The Hall–Kier alpha value is -3.14. The van der Waals surface area contributed by atoms with Crippen molar-refractivity contribution in [3.8, 4) is 11.9 Å². The molecule has 1 aromatic heterocycles. The molecule has 7 nitrogen and oxygen atoms in total. The highest BCUT2D eigenvalue weighted by molar-refractivity contribution is 5.90. The maximum Gasteiger partial charge on any atom is 0.267 e. The molecule has 0 bridgehead atoms. The summed E-state index contributed by atoms with van der Waals surface area (Å²) in [5.74, 6) is -0.179. The summed E-state index contributed by atoms with van der Waals surface area (Å²) in [4.78, 5) is 23.5. The molecule has 7 heteroatoms. The third-order valence-corrected chi connectivity index (χ3v) is 2.62. The highest BCUT2D eigenvalue weighted by Gasteiger charge is 2.07. The van der Waals surface area contributed by atoms with E-state index < -0.39 is 11.5 Å². The fraction of sp³-hybridized carbons (Fsp3) is 0.143. The zero-order valence-electron chi connectivity index (χ0n) is 11.2. The van der Waals surface area contributed by atoms with E-state index in [1.165, 1.54) is 19.2 Å². The van der Waals surface area contributed by atoms with Crippen LogP contribution in [0.3, 0.4) is 0 Å². The number of anilines is 1. The molecule has 1 heterocycles. The Kier molecular flexibility index (Phi) is 4.31. The zero-order valence-corrected chi connectivity index (χ0v) is 11.2. The fourth-order valence-corrected chi connectivity index (χ4v) is 1.66. The number of amides is 1. The number of carbonyl (C=O) groups excluding carboxylic acids is 1. The van der Waals surface area contributed by atoms with Crippen LogP contribution in [0.15, 0.2) is 41.2 Å². The molecule has 0 atom stereocenters. The van der Waals surface area contributed by atoms with Crippen LogP contribution in [0.4, 0.5) is 5.69 Å². The summed E-state index contributed by atoms with van der Waals surface area (Å²) in [6, 6.07) is 11.2. The molecule has 21 heavy (non-hydrogen) atoms. The van der Waals surface area contributed by atoms with Gasteiger partial charge < -0.3 is 10.1 Å². The molecule has 0 saturated heterocycles. The van der Waals surface area contributed by atoms with Gasteiger partial charge in [0, 0.05) is 17.8 Å². The van der Waals surface area contributed by atoms with Crippen LogP contribution >= 0.6 is 0 Å². The van der Waals surface area contributed by atoms with E-state index in [1.54, 1.807) is 24.3 Å². The molecule has 1 aromatic carbocycles. The van der Waals surface area contributed by atoms with E-state index in [9.17, 15) is 9.59 Å². The van der Waals surface area contributed by atoms with Gasteiger partial charge in [-0.05, 0) is 18.2 Å². The highest BCUT2D eigenvalue weighted by atomic mass is 16.5. The molecule has 0 fully saturated rings. The number of nitrogens with zero attached hydrogens (tertiary/aromatic N) is 3. The maximum absolute atomic E-state index is 11.9. The number of nitriles is 1. The summed E-state index contributed by atoms with van der Waals surface area (Å²) in [6.07, 6.45) is 0. The first-order valence-electron chi connectivity index (χ1n) is 6.04. The summed E-state index contributed by atoms with van der Waals surface area (Å²) >= 11 is 0. The van der Waals surface area contributed by atoms with Crippen molar-refractivity contribution in [3.05, 3.63) is 52.3 Å². The molecule has 1 N–H and O–H groups in total. The molecule has 0 aliphatic heterocycles. The topological polar surface area (TPSA) is 97.0 Å². The van der Waals surface area contributed by atoms with E-state index in [1.807, 2.05) is 6.07 Å². The second-order valence-corrected chi connectivity index (χ2v) is 4.11. The van der Waals surface area contributed by atoms with E-state index in [0.717, 1.165) is 4.68 Å². The number of aromatic nitrogens is 2. The zero-order chi connectivity index (χ0) is 15.2. The summed E-state index contributed by atoms with van der Waals surface area (Å²) in [7, 11) is 1.42. The third kappa shape index (κ3) is 3.67. The maximum atomic E-state index is 11.9. The average molecular weight is 284 g/mol. The largest absolute Gasteiger partial charge is 0.480 e. The first kappa shape index (κ1) is 14.3. The molecule has 0 saturated carbocycles. The van der Waals surface area contributed by atoms with Crippen LogP contribution in [0.2, 0.25) is 0 Å². The second-order valence-electron chi connectivity index (χ2n) is 4.11. The van der Waals surface area contributed by atoms with Crippen molar-refractivity contribution in [1.82, 2.24) is 9.78 Å². The number of ether oxygens (including phenoxy) is 1. The van der Waals surface area contributed by atoms with Gasteiger partial charge in [-0.2, -0.15) is 5.26 Å². The van der Waals surface area contributed by atoms with Gasteiger partial charge in [-0.3, -0.25) is 9.59 Å². The lowest BCUT2D eigenvalue weighted by Gasteiger charge is -2.07. The first-order valence-corrected chi connectivity index (χ1v) is 6.04. The number of nitrogens with one attached hydrogen (secondary N) is 1. The molecule has 2 aromatic rings. The summed E-state index contributed by atoms with van der Waals surface area (Å²) < 4.78 is 5.90. The predicted molar refractivity (Wildman–Crippen MR) is 74.8 cm³/mol. The highest BCUT2D eigenvalue weighted by Crippen LogP contribution is 2.09. The molecule has 0 aliphatic rings. The van der Waals surface area contributed by atoms with Crippen LogP contribution in [-0.4, -0.2) is 22.8 Å². The van der Waals surface area contributed by atoms with Crippen LogP contribution in [0.25, 0.3) is 0 Å². The lowest BCUT2D eigenvalue weighted by molar-refractivity contribution is -0.117. The van der Waals surface area contributed by atoms with E-state index in [2.05, 4.69) is 10.4 Å². The van der Waals surface area contributed by atoms with E-state index in [-0.39, 0.29) is 12.4 Å². The SMILES string of the molecule is COc1ccc(=O)n(CC(=O)Nc2cccc(C#N)c2)n1. The van der Waals surface area contributed by atoms with Crippen molar-refractivity contribution < 1.29 is 9.53 Å². The number of hydrogen-bond donors (Lipinski definition) is 1. The molecular weight excluding hydrogens is 272 g/mol. The summed E-state index contributed by atoms with van der Waals surface area (Å²) in [6.45, 7) is -0.243. The molecule has 106 valence electrons. The Morgan fingerprint density at radius 2 is 2.24 bits per heavy atom. The van der Waals surface area contributed by atoms with Gasteiger partial charge in [-0.25, -0.2) is 4.68 Å². The van der Waals surface area contributed by atoms with Gasteiger partial charge in [0.15, 0.2) is 0 Å². The fourth-order valence-electron chi connectivity index (χ4n) is 1.66. The number of carbonyl (C=O) groups is 1. The molecule has 0 radical (unpaired) electrons. The van der Waals surface area contributed by atoms with E-state index in [4.69, 9.17) is 10.00 Å². The average Bonchev–Trinajstić information content (AvgIpc) is 2.49. The molecular formula is C14H12N4O3. The van der Waals surface area contributed by atoms with Crippen molar-refractivity contribution in [2.24, 2.45) is 0 Å². The normalized spacial score (nSPS) is 9.71. The van der Waals surface area contributed by atoms with Gasteiger partial charge in [0.1, 0.15) is 6.54 Å². The van der Waals surface area contributed by atoms with Crippen LogP contribution in [0.1, 0.15) is 5.56 Å².